The van der Waals surface area contributed by atoms with Crippen molar-refractivity contribution in [3.63, 3.8) is 0 Å². The first kappa shape index (κ1) is 16.3. The van der Waals surface area contributed by atoms with E-state index in [1.54, 1.807) is 0 Å². The Morgan fingerprint density at radius 2 is 1.81 bits per heavy atom. The van der Waals surface area contributed by atoms with Crippen LogP contribution in [0.4, 0.5) is 0 Å². The molecule has 1 aromatic rings. The minimum atomic E-state index is -0.423. The number of benzene rings is 1. The molecule has 0 heterocycles. The lowest BCUT2D eigenvalue weighted by atomic mass is 9.68. The third-order valence-corrected chi connectivity index (χ3v) is 4.50. The predicted molar refractivity (Wildman–Crippen MR) is 87.5 cm³/mol. The number of halogens is 1. The van der Waals surface area contributed by atoms with Crippen LogP contribution in [0.25, 0.3) is 0 Å². The summed E-state index contributed by atoms with van der Waals surface area (Å²) in [6.07, 6.45) is 5.16. The van der Waals surface area contributed by atoms with Gasteiger partial charge in [-0.25, -0.2) is 0 Å². The average molecular weight is 309 g/mol. The van der Waals surface area contributed by atoms with E-state index in [1.165, 1.54) is 6.42 Å². The smallest absolute Gasteiger partial charge is 0.230 e. The van der Waals surface area contributed by atoms with E-state index in [4.69, 9.17) is 17.3 Å². The van der Waals surface area contributed by atoms with Crippen LogP contribution >= 0.6 is 11.6 Å². The molecule has 0 atom stereocenters. The Kier molecular flexibility index (Phi) is 4.95. The van der Waals surface area contributed by atoms with E-state index in [2.05, 4.69) is 5.32 Å². The molecule has 1 aliphatic rings. The van der Waals surface area contributed by atoms with Crippen LogP contribution in [0.15, 0.2) is 24.3 Å². The molecule has 1 saturated carbocycles. The summed E-state index contributed by atoms with van der Waals surface area (Å²) in [7, 11) is 0. The molecule has 3 nitrogen and oxygen atoms in total. The van der Waals surface area contributed by atoms with Crippen LogP contribution in [0.5, 0.6) is 0 Å². The number of hydrogen-bond acceptors (Lipinski definition) is 2. The van der Waals surface area contributed by atoms with Crippen molar-refractivity contribution in [2.24, 2.45) is 5.73 Å². The normalized spacial score (nSPS) is 18.3. The van der Waals surface area contributed by atoms with Crippen molar-refractivity contribution in [3.05, 3.63) is 34.9 Å². The zero-order chi connectivity index (χ0) is 15.5. The van der Waals surface area contributed by atoms with Crippen LogP contribution in [-0.2, 0) is 10.2 Å². The number of nitrogens with one attached hydrogen (secondary N) is 1. The second-order valence-electron chi connectivity index (χ2n) is 6.82. The highest BCUT2D eigenvalue weighted by atomic mass is 35.5. The molecule has 0 unspecified atom stereocenters. The van der Waals surface area contributed by atoms with Gasteiger partial charge in [-0.3, -0.25) is 4.79 Å². The molecular weight excluding hydrogens is 284 g/mol. The summed E-state index contributed by atoms with van der Waals surface area (Å²) in [4.78, 5) is 12.9. The Labute approximate surface area is 132 Å². The third-order valence-electron chi connectivity index (χ3n) is 4.24. The van der Waals surface area contributed by atoms with Gasteiger partial charge in [-0.1, -0.05) is 43.0 Å². The highest BCUT2D eigenvalue weighted by molar-refractivity contribution is 6.30. The number of amides is 1. The summed E-state index contributed by atoms with van der Waals surface area (Å²) in [5.41, 5.74) is 6.23. The van der Waals surface area contributed by atoms with Gasteiger partial charge in [0.05, 0.1) is 5.41 Å². The topological polar surface area (TPSA) is 55.1 Å². The van der Waals surface area contributed by atoms with Gasteiger partial charge < -0.3 is 11.1 Å². The van der Waals surface area contributed by atoms with Gasteiger partial charge in [0.1, 0.15) is 0 Å². The number of rotatable bonds is 4. The monoisotopic (exact) mass is 308 g/mol. The van der Waals surface area contributed by atoms with Crippen molar-refractivity contribution in [3.8, 4) is 0 Å². The molecule has 0 bridgehead atoms. The minimum absolute atomic E-state index is 0.100. The first-order valence-electron chi connectivity index (χ1n) is 7.67. The summed E-state index contributed by atoms with van der Waals surface area (Å²) in [5.74, 6) is 0.100. The van der Waals surface area contributed by atoms with Gasteiger partial charge in [0.25, 0.3) is 0 Å². The van der Waals surface area contributed by atoms with Gasteiger partial charge in [-0.05, 0) is 44.4 Å². The molecule has 21 heavy (non-hydrogen) atoms. The van der Waals surface area contributed by atoms with Crippen molar-refractivity contribution in [1.82, 2.24) is 5.32 Å². The molecule has 1 aliphatic carbocycles. The molecule has 0 saturated heterocycles. The van der Waals surface area contributed by atoms with Crippen LogP contribution in [0, 0.1) is 0 Å². The summed E-state index contributed by atoms with van der Waals surface area (Å²) < 4.78 is 0. The zero-order valence-corrected chi connectivity index (χ0v) is 13.7. The summed E-state index contributed by atoms with van der Waals surface area (Å²) >= 11 is 5.98. The maximum absolute atomic E-state index is 12.9. The van der Waals surface area contributed by atoms with Crippen molar-refractivity contribution in [2.45, 2.75) is 56.9 Å². The molecule has 116 valence electrons. The van der Waals surface area contributed by atoms with Crippen molar-refractivity contribution in [2.75, 3.05) is 6.54 Å². The van der Waals surface area contributed by atoms with E-state index >= 15 is 0 Å². The molecule has 3 N–H and O–H groups in total. The Bertz CT molecular complexity index is 485. The van der Waals surface area contributed by atoms with Gasteiger partial charge in [0, 0.05) is 17.1 Å². The highest BCUT2D eigenvalue weighted by Gasteiger charge is 2.41. The Hall–Kier alpha value is -1.06. The van der Waals surface area contributed by atoms with Crippen LogP contribution in [0.3, 0.4) is 0 Å². The third kappa shape index (κ3) is 3.98. The Morgan fingerprint density at radius 3 is 2.33 bits per heavy atom. The number of carbonyl (C=O) groups is 1. The molecule has 1 aromatic carbocycles. The van der Waals surface area contributed by atoms with Crippen LogP contribution in [0.2, 0.25) is 5.02 Å². The average Bonchev–Trinajstić information content (AvgIpc) is 2.45. The first-order valence-corrected chi connectivity index (χ1v) is 8.05. The largest absolute Gasteiger partial charge is 0.354 e. The standard InChI is InChI=1S/C17H25ClN2O/c1-16(2,19)12-20-15(21)17(10-4-3-5-11-17)13-6-8-14(18)9-7-13/h6-9H,3-5,10-12,19H2,1-2H3,(H,20,21). The van der Waals surface area contributed by atoms with Crippen molar-refractivity contribution in [1.29, 1.82) is 0 Å². The van der Waals surface area contributed by atoms with Gasteiger partial charge in [-0.15, -0.1) is 0 Å². The summed E-state index contributed by atoms with van der Waals surface area (Å²) in [6, 6.07) is 7.71. The summed E-state index contributed by atoms with van der Waals surface area (Å²) in [5, 5.41) is 3.75. The van der Waals surface area contributed by atoms with E-state index in [0.29, 0.717) is 11.6 Å². The Balaban J connectivity index is 2.24. The number of nitrogens with two attached hydrogens (primary N) is 1. The van der Waals surface area contributed by atoms with E-state index in [-0.39, 0.29) is 5.91 Å². The maximum Gasteiger partial charge on any atom is 0.230 e. The molecule has 4 heteroatoms. The van der Waals surface area contributed by atoms with Gasteiger partial charge >= 0.3 is 0 Å². The molecule has 0 aromatic heterocycles. The van der Waals surface area contributed by atoms with E-state index in [1.807, 2.05) is 38.1 Å². The van der Waals surface area contributed by atoms with E-state index in [0.717, 1.165) is 31.2 Å². The van der Waals surface area contributed by atoms with Gasteiger partial charge in [-0.2, -0.15) is 0 Å². The van der Waals surface area contributed by atoms with Crippen molar-refractivity contribution < 1.29 is 4.79 Å². The highest BCUT2D eigenvalue weighted by Crippen LogP contribution is 2.40. The quantitative estimate of drug-likeness (QED) is 0.895. The minimum Gasteiger partial charge on any atom is -0.354 e. The van der Waals surface area contributed by atoms with Crippen LogP contribution in [0.1, 0.15) is 51.5 Å². The number of hydrogen-bond donors (Lipinski definition) is 2. The van der Waals surface area contributed by atoms with E-state index < -0.39 is 11.0 Å². The predicted octanol–water partition coefficient (Wildman–Crippen LogP) is 3.40. The second kappa shape index (κ2) is 6.37. The summed E-state index contributed by atoms with van der Waals surface area (Å²) in [6.45, 7) is 4.33. The van der Waals surface area contributed by atoms with Crippen molar-refractivity contribution >= 4 is 17.5 Å². The maximum atomic E-state index is 12.9. The molecule has 2 rings (SSSR count). The van der Waals surface area contributed by atoms with Crippen LogP contribution in [-0.4, -0.2) is 18.0 Å². The molecular formula is C17H25ClN2O. The second-order valence-corrected chi connectivity index (χ2v) is 7.26. The lowest BCUT2D eigenvalue weighted by Crippen LogP contribution is -2.52. The zero-order valence-electron chi connectivity index (χ0n) is 12.9. The molecule has 0 radical (unpaired) electrons. The Morgan fingerprint density at radius 1 is 1.24 bits per heavy atom. The fourth-order valence-electron chi connectivity index (χ4n) is 3.05. The van der Waals surface area contributed by atoms with Gasteiger partial charge in [0.2, 0.25) is 5.91 Å². The lowest BCUT2D eigenvalue weighted by molar-refractivity contribution is -0.128. The molecule has 0 spiro atoms. The van der Waals surface area contributed by atoms with Crippen LogP contribution < -0.4 is 11.1 Å². The molecule has 1 amide bonds. The molecule has 0 aliphatic heterocycles. The molecule has 1 fully saturated rings. The fourth-order valence-corrected chi connectivity index (χ4v) is 3.17. The SMILES string of the molecule is CC(C)(N)CNC(=O)C1(c2ccc(Cl)cc2)CCCCC1. The lowest BCUT2D eigenvalue weighted by Gasteiger charge is -2.37. The first-order chi connectivity index (χ1) is 9.83. The van der Waals surface area contributed by atoms with E-state index in [9.17, 15) is 4.79 Å². The van der Waals surface area contributed by atoms with Gasteiger partial charge in [0.15, 0.2) is 0 Å². The fraction of sp³-hybridized carbons (Fsp3) is 0.588. The number of carbonyl (C=O) groups excluding carboxylic acids is 1.